The van der Waals surface area contributed by atoms with Gasteiger partial charge in [-0.3, -0.25) is 14.4 Å². The molecule has 4 aliphatic rings. The molecule has 1 N–H and O–H groups in total. The highest BCUT2D eigenvalue weighted by Crippen LogP contribution is 2.60. The van der Waals surface area contributed by atoms with E-state index in [0.717, 1.165) is 29.3 Å². The van der Waals surface area contributed by atoms with Gasteiger partial charge in [0.2, 0.25) is 5.91 Å². The van der Waals surface area contributed by atoms with Gasteiger partial charge in [-0.2, -0.15) is 0 Å². The molecule has 0 heterocycles. The fourth-order valence-corrected chi connectivity index (χ4v) is 6.56. The van der Waals surface area contributed by atoms with Gasteiger partial charge in [0.05, 0.1) is 6.42 Å². The second-order valence-corrected chi connectivity index (χ2v) is 10.6. The molecule has 168 valence electrons. The summed E-state index contributed by atoms with van der Waals surface area (Å²) in [4.78, 5) is 38.8. The third-order valence-corrected chi connectivity index (χ3v) is 8.06. The Morgan fingerprint density at radius 2 is 1.71 bits per heavy atom. The average Bonchev–Trinajstić information content (AvgIpc) is 2.72. The largest absolute Gasteiger partial charge is 0.456 e. The number of hydrogen-bond donors (Lipinski definition) is 1. The number of halogens is 1. The molecule has 4 saturated carbocycles. The number of hydrogen-bond acceptors (Lipinski definition) is 4. The first-order valence-corrected chi connectivity index (χ1v) is 12.1. The summed E-state index contributed by atoms with van der Waals surface area (Å²) in [5.41, 5.74) is 0.778. The van der Waals surface area contributed by atoms with Crippen molar-refractivity contribution in [1.29, 1.82) is 0 Å². The van der Waals surface area contributed by atoms with Crippen LogP contribution in [-0.2, 0) is 25.7 Å². The van der Waals surface area contributed by atoms with Gasteiger partial charge in [-0.05, 0) is 67.9 Å². The monoisotopic (exact) mass is 490 g/mol. The maximum absolute atomic E-state index is 12.9. The minimum atomic E-state index is -0.464. The quantitative estimate of drug-likeness (QED) is 0.564. The van der Waals surface area contributed by atoms with Crippen LogP contribution in [0.2, 0.25) is 0 Å². The molecular weight excluding hydrogens is 460 g/mol. The van der Waals surface area contributed by atoms with Gasteiger partial charge in [0.1, 0.15) is 0 Å². The lowest BCUT2D eigenvalue weighted by Gasteiger charge is -2.55. The lowest BCUT2D eigenvalue weighted by Crippen LogP contribution is -2.53. The Labute approximate surface area is 192 Å². The van der Waals surface area contributed by atoms with E-state index >= 15 is 0 Å². The third kappa shape index (κ3) is 5.13. The van der Waals surface area contributed by atoms with Gasteiger partial charge >= 0.3 is 5.97 Å². The van der Waals surface area contributed by atoms with Crippen molar-refractivity contribution in [2.45, 2.75) is 51.5 Å². The topological polar surface area (TPSA) is 75.7 Å². The molecule has 7 heteroatoms. The van der Waals surface area contributed by atoms with E-state index < -0.39 is 5.97 Å². The molecule has 4 aliphatic carbocycles. The highest BCUT2D eigenvalue weighted by atomic mass is 79.9. The van der Waals surface area contributed by atoms with Gasteiger partial charge < -0.3 is 15.0 Å². The van der Waals surface area contributed by atoms with Crippen LogP contribution in [0, 0.1) is 23.2 Å². The molecule has 31 heavy (non-hydrogen) atoms. The zero-order valence-electron chi connectivity index (χ0n) is 18.1. The van der Waals surface area contributed by atoms with Crippen LogP contribution < -0.4 is 5.32 Å². The number of esters is 1. The van der Waals surface area contributed by atoms with Crippen molar-refractivity contribution in [1.82, 2.24) is 10.2 Å². The van der Waals surface area contributed by atoms with Gasteiger partial charge in [-0.25, -0.2) is 0 Å². The summed E-state index contributed by atoms with van der Waals surface area (Å²) < 4.78 is 6.06. The smallest absolute Gasteiger partial charge is 0.308 e. The molecule has 4 bridgehead atoms. The number of likely N-dealkylation sites (N-methyl/N-ethyl adjacent to an activating group) is 1. The fourth-order valence-electron chi connectivity index (χ4n) is 6.15. The molecule has 0 aliphatic heterocycles. The van der Waals surface area contributed by atoms with Crippen LogP contribution in [0.1, 0.15) is 50.5 Å². The Hall–Kier alpha value is -1.89. The van der Waals surface area contributed by atoms with Crippen LogP contribution in [0.4, 0.5) is 0 Å². The third-order valence-electron chi connectivity index (χ3n) is 7.28. The second kappa shape index (κ2) is 9.31. The van der Waals surface area contributed by atoms with E-state index in [1.165, 1.54) is 24.2 Å². The summed E-state index contributed by atoms with van der Waals surface area (Å²) in [5.74, 6) is 1.52. The highest BCUT2D eigenvalue weighted by Gasteiger charge is 2.54. The number of carbonyl (C=O) groups is 3. The molecule has 0 aromatic heterocycles. The molecular formula is C24H31BrN2O4. The van der Waals surface area contributed by atoms with E-state index in [-0.39, 0.29) is 36.8 Å². The molecule has 1 aromatic carbocycles. The zero-order chi connectivity index (χ0) is 22.0. The molecule has 6 nitrogen and oxygen atoms in total. The van der Waals surface area contributed by atoms with E-state index in [1.807, 2.05) is 24.3 Å². The lowest BCUT2D eigenvalue weighted by molar-refractivity contribution is -0.152. The van der Waals surface area contributed by atoms with E-state index in [9.17, 15) is 14.4 Å². The van der Waals surface area contributed by atoms with Crippen molar-refractivity contribution in [3.63, 3.8) is 0 Å². The van der Waals surface area contributed by atoms with Crippen LogP contribution >= 0.6 is 15.9 Å². The van der Waals surface area contributed by atoms with Crippen molar-refractivity contribution < 1.29 is 19.1 Å². The van der Waals surface area contributed by atoms with Gasteiger partial charge in [0, 0.05) is 30.0 Å². The molecule has 4 fully saturated rings. The van der Waals surface area contributed by atoms with Crippen LogP contribution in [0.25, 0.3) is 0 Å². The maximum atomic E-state index is 12.9. The van der Waals surface area contributed by atoms with Crippen molar-refractivity contribution >= 4 is 33.7 Å². The van der Waals surface area contributed by atoms with Crippen molar-refractivity contribution in [2.75, 3.05) is 20.2 Å². The Morgan fingerprint density at radius 1 is 1.10 bits per heavy atom. The molecule has 0 atom stereocenters. The molecule has 1 aromatic rings. The molecule has 0 radical (unpaired) electrons. The summed E-state index contributed by atoms with van der Waals surface area (Å²) in [6, 6.07) is 7.69. The van der Waals surface area contributed by atoms with Crippen LogP contribution in [0.5, 0.6) is 0 Å². The lowest BCUT2D eigenvalue weighted by atomic mass is 9.49. The Bertz CT molecular complexity index is 820. The van der Waals surface area contributed by atoms with Gasteiger partial charge in [0.15, 0.2) is 6.61 Å². The Morgan fingerprint density at radius 3 is 2.32 bits per heavy atom. The summed E-state index contributed by atoms with van der Waals surface area (Å²) in [5, 5.41) is 2.98. The number of amides is 2. The number of ether oxygens (including phenoxy) is 1. The minimum absolute atomic E-state index is 0.0827. The number of rotatable bonds is 8. The minimum Gasteiger partial charge on any atom is -0.456 e. The molecule has 0 spiro atoms. The number of nitrogens with zero attached hydrogens (tertiary/aromatic N) is 1. The normalized spacial score (nSPS) is 28.3. The predicted octanol–water partition coefficient (Wildman–Crippen LogP) is 3.67. The molecule has 5 rings (SSSR count). The first-order valence-electron chi connectivity index (χ1n) is 11.3. The van der Waals surface area contributed by atoms with Crippen LogP contribution in [-0.4, -0.2) is 42.9 Å². The average molecular weight is 491 g/mol. The molecule has 0 saturated heterocycles. The van der Waals surface area contributed by atoms with Gasteiger partial charge in [-0.1, -0.05) is 34.1 Å². The van der Waals surface area contributed by atoms with Crippen molar-refractivity contribution in [3.05, 3.63) is 34.3 Å². The van der Waals surface area contributed by atoms with E-state index in [2.05, 4.69) is 21.2 Å². The molecule has 0 unspecified atom stereocenters. The Kier molecular flexibility index (Phi) is 6.70. The summed E-state index contributed by atoms with van der Waals surface area (Å²) in [6.07, 6.45) is 6.99. The van der Waals surface area contributed by atoms with Crippen LogP contribution in [0.3, 0.4) is 0 Å². The van der Waals surface area contributed by atoms with Crippen molar-refractivity contribution in [2.24, 2.45) is 23.2 Å². The first-order chi connectivity index (χ1) is 14.8. The van der Waals surface area contributed by atoms with Gasteiger partial charge in [0.25, 0.3) is 5.91 Å². The molecule has 2 amide bonds. The SMILES string of the molecule is CN(Cc1ccccc1Br)C(=O)COC(=O)CCNC(=O)C12CC3CC(CC(C3)C1)C2. The second-order valence-electron chi connectivity index (χ2n) is 9.71. The van der Waals surface area contributed by atoms with E-state index in [0.29, 0.717) is 24.3 Å². The predicted molar refractivity (Wildman–Crippen MR) is 120 cm³/mol. The number of nitrogens with one attached hydrogen (secondary N) is 1. The maximum Gasteiger partial charge on any atom is 0.308 e. The van der Waals surface area contributed by atoms with Gasteiger partial charge in [-0.15, -0.1) is 0 Å². The standard InChI is InChI=1S/C24H31BrN2O4/c1-27(14-19-4-2-3-5-20(19)25)21(28)15-31-22(29)6-7-26-23(30)24-11-16-8-17(12-24)10-18(9-16)13-24/h2-5,16-18H,6-15H2,1H3,(H,26,30). The van der Waals surface area contributed by atoms with E-state index in [1.54, 1.807) is 7.05 Å². The first kappa shape index (κ1) is 22.3. The van der Waals surface area contributed by atoms with Crippen LogP contribution in [0.15, 0.2) is 28.7 Å². The van der Waals surface area contributed by atoms with E-state index in [4.69, 9.17) is 4.74 Å². The fraction of sp³-hybridized carbons (Fsp3) is 0.625. The number of carbonyl (C=O) groups excluding carboxylic acids is 3. The number of benzene rings is 1. The summed E-state index contributed by atoms with van der Waals surface area (Å²) >= 11 is 3.47. The summed E-state index contributed by atoms with van der Waals surface area (Å²) in [6.45, 7) is 0.405. The zero-order valence-corrected chi connectivity index (χ0v) is 19.7. The summed E-state index contributed by atoms with van der Waals surface area (Å²) in [7, 11) is 1.68. The highest BCUT2D eigenvalue weighted by molar-refractivity contribution is 9.10. The van der Waals surface area contributed by atoms with Crippen molar-refractivity contribution in [3.8, 4) is 0 Å². The Balaban J connectivity index is 1.16.